The number of amides is 11. The molecule has 25 nitrogen and oxygen atoms in total. The van der Waals surface area contributed by atoms with Crippen molar-refractivity contribution in [2.24, 2.45) is 29.6 Å². The Bertz CT molecular complexity index is 2660. The molecule has 1 aromatic carbocycles. The fourth-order valence-electron chi connectivity index (χ4n) is 10.7. The van der Waals surface area contributed by atoms with Gasteiger partial charge in [0.25, 0.3) is 5.91 Å². The van der Waals surface area contributed by atoms with Crippen molar-refractivity contribution in [1.82, 2.24) is 60.9 Å². The van der Waals surface area contributed by atoms with Crippen molar-refractivity contribution in [3.8, 4) is 0 Å². The molecular weight excluding hydrogens is 1140 g/mol. The van der Waals surface area contributed by atoms with E-state index in [-0.39, 0.29) is 43.6 Å². The van der Waals surface area contributed by atoms with E-state index in [0.717, 1.165) is 30.7 Å². The average molecular weight is 1250 g/mol. The monoisotopic (exact) mass is 1250 g/mol. The summed E-state index contributed by atoms with van der Waals surface area (Å²) in [5.41, 5.74) is 8.23. The number of hydrogen-bond acceptors (Lipinski definition) is 14. The van der Waals surface area contributed by atoms with E-state index >= 15 is 14.4 Å². The van der Waals surface area contributed by atoms with Gasteiger partial charge >= 0.3 is 0 Å². The Labute approximate surface area is 529 Å². The number of anilines is 1. The third-order valence-electron chi connectivity index (χ3n) is 16.6. The molecule has 1 aromatic rings. The molecule has 1 unspecified atom stereocenters. The number of aliphatic hydroxyl groups excluding tert-OH is 1. The summed E-state index contributed by atoms with van der Waals surface area (Å²) >= 11 is 0. The number of nitrogen functional groups attached to an aromatic ring is 1. The molecule has 11 amide bonds. The molecule has 0 aliphatic carbocycles. The number of allylic oxidation sites excluding steroid dienone is 2. The van der Waals surface area contributed by atoms with Gasteiger partial charge in [0.15, 0.2) is 6.17 Å². The molecular formula is C64H109N13O12. The van der Waals surface area contributed by atoms with Crippen molar-refractivity contribution in [3.05, 3.63) is 35.9 Å². The highest BCUT2D eigenvalue weighted by Crippen LogP contribution is 2.26. The molecule has 89 heavy (non-hydrogen) atoms. The number of nitrogens with one attached hydrogen (secondary N) is 5. The second-order valence-corrected chi connectivity index (χ2v) is 26.1. The fourth-order valence-corrected chi connectivity index (χ4v) is 10.7. The van der Waals surface area contributed by atoms with Gasteiger partial charge in [0.05, 0.1) is 12.6 Å². The van der Waals surface area contributed by atoms with Gasteiger partial charge in [-0.25, -0.2) is 0 Å². The van der Waals surface area contributed by atoms with Gasteiger partial charge in [0.2, 0.25) is 59.1 Å². The van der Waals surface area contributed by atoms with E-state index in [9.17, 15) is 43.5 Å². The summed E-state index contributed by atoms with van der Waals surface area (Å²) in [4.78, 5) is 168. The standard InChI is InChI=1S/C64H109N13O12/c1-24-46-61(86)71(17)33-49(78)73(19)47(31-34(2)3)56(81)70-50(36(6)7)63(88)77(23)54(66-38(10)11)58(83)67-41(14)55(80)68-42(15)59(84)72(18)43(16)60(85)74(20)48(32-35(4)5)62(87)75(21)51(37(8)9)64(89)76(22)52(57(82)69-46)53(79)40(13)26-25-39(12)44-27-29-45(65)30-28-44/h25,27-30,34-38,40-43,46-48,50-54,66,79H,24,26,31-33,65H2,1-23H3,(H,67,83)(H,68,80)(H,69,82)(H,70,81)/t40-,41+,42+,43+,46+,47+,48+,50+,51+,52?,53-,54-/m1/s1. The minimum atomic E-state index is -1.67. The van der Waals surface area contributed by atoms with Crippen molar-refractivity contribution in [1.29, 1.82) is 0 Å². The number of aliphatic hydroxyl groups is 1. The predicted molar refractivity (Wildman–Crippen MR) is 343 cm³/mol. The first-order chi connectivity index (χ1) is 41.1. The van der Waals surface area contributed by atoms with Crippen LogP contribution in [0.3, 0.4) is 0 Å². The molecule has 1 heterocycles. The molecule has 2 rings (SSSR count). The van der Waals surface area contributed by atoms with Crippen LogP contribution in [0.15, 0.2) is 30.3 Å². The van der Waals surface area contributed by atoms with Crippen LogP contribution in [0.25, 0.3) is 5.57 Å². The predicted octanol–water partition coefficient (Wildman–Crippen LogP) is 2.26. The maximum Gasteiger partial charge on any atom is 0.258 e. The van der Waals surface area contributed by atoms with Crippen LogP contribution in [0.2, 0.25) is 0 Å². The van der Waals surface area contributed by atoms with E-state index in [1.807, 2.05) is 52.8 Å². The van der Waals surface area contributed by atoms with E-state index in [0.29, 0.717) is 5.69 Å². The summed E-state index contributed by atoms with van der Waals surface area (Å²) in [5.74, 6) is -10.1. The summed E-state index contributed by atoms with van der Waals surface area (Å²) in [6, 6.07) is -4.73. The van der Waals surface area contributed by atoms with E-state index in [4.69, 9.17) is 5.73 Å². The zero-order valence-corrected chi connectivity index (χ0v) is 57.4. The molecule has 1 aliphatic heterocycles. The summed E-state index contributed by atoms with van der Waals surface area (Å²) < 4.78 is 0. The summed E-state index contributed by atoms with van der Waals surface area (Å²) in [6.45, 7) is 26.6. The van der Waals surface area contributed by atoms with Gasteiger partial charge in [-0.05, 0) is 120 Å². The third-order valence-corrected chi connectivity index (χ3v) is 16.6. The lowest BCUT2D eigenvalue weighted by Crippen LogP contribution is -2.64. The number of benzene rings is 1. The Kier molecular flexibility index (Phi) is 30.4. The number of rotatable bonds is 14. The van der Waals surface area contributed by atoms with Crippen molar-refractivity contribution in [3.63, 3.8) is 0 Å². The number of likely N-dealkylation sites (N-methyl/N-ethyl adjacent to an activating group) is 7. The number of carbonyl (C=O) groups excluding carboxylic acids is 11. The number of carbonyl (C=O) groups is 11. The van der Waals surface area contributed by atoms with E-state index in [2.05, 4.69) is 26.6 Å². The topological polar surface area (TPSA) is 317 Å². The number of nitrogens with two attached hydrogens (primary N) is 1. The largest absolute Gasteiger partial charge is 0.399 e. The summed E-state index contributed by atoms with van der Waals surface area (Å²) in [7, 11) is 9.68. The Balaban J connectivity index is 2.94. The van der Waals surface area contributed by atoms with Gasteiger partial charge in [-0.3, -0.25) is 58.1 Å². The van der Waals surface area contributed by atoms with Gasteiger partial charge in [0, 0.05) is 61.1 Å². The van der Waals surface area contributed by atoms with Gasteiger partial charge in [0.1, 0.15) is 54.4 Å². The SMILES string of the molecule is CC[C@@H]1NC(=O)C([C@H](O)[C@H](C)CC=C(C)c2ccc(N)cc2)N(C)C(=O)[C@H](C(C)C)N(C)C(=O)[C@H](CC(C)C)N(C)C(=O)[C@H](C)N(C)C(=O)[C@H](C)NC(=O)[C@H](C)NC(=O)[C@H](NC(C)C)N(C)C(=O)[C@H](C(C)C)NC(=O)[C@H](CC(C)C)N(C)C(=O)CN(C)C1=O. The highest BCUT2D eigenvalue weighted by molar-refractivity contribution is 5.99. The van der Waals surface area contributed by atoms with Crippen LogP contribution in [-0.4, -0.2) is 233 Å². The van der Waals surface area contributed by atoms with Gasteiger partial charge in [-0.15, -0.1) is 0 Å². The Morgan fingerprint density at radius 1 is 0.573 bits per heavy atom. The first kappa shape index (κ1) is 77.9. The normalized spacial score (nSPS) is 26.2. The second-order valence-electron chi connectivity index (χ2n) is 26.1. The van der Waals surface area contributed by atoms with Crippen LogP contribution in [0.1, 0.15) is 142 Å². The first-order valence-corrected chi connectivity index (χ1v) is 31.2. The zero-order chi connectivity index (χ0) is 68.5. The highest BCUT2D eigenvalue weighted by Gasteiger charge is 2.45. The summed E-state index contributed by atoms with van der Waals surface area (Å²) in [5, 5.41) is 26.3. The molecule has 502 valence electrons. The molecule has 12 atom stereocenters. The summed E-state index contributed by atoms with van der Waals surface area (Å²) in [6.07, 6.45) is -0.596. The maximum atomic E-state index is 15.3. The molecule has 0 radical (unpaired) electrons. The van der Waals surface area contributed by atoms with E-state index in [1.165, 1.54) is 84.8 Å². The van der Waals surface area contributed by atoms with Crippen molar-refractivity contribution in [2.75, 3.05) is 61.6 Å². The molecule has 25 heteroatoms. The zero-order valence-electron chi connectivity index (χ0n) is 57.4. The van der Waals surface area contributed by atoms with Gasteiger partial charge in [-0.2, -0.15) is 0 Å². The Hall–Kier alpha value is -7.15. The lowest BCUT2D eigenvalue weighted by molar-refractivity contribution is -0.157. The van der Waals surface area contributed by atoms with Crippen LogP contribution in [-0.2, 0) is 52.7 Å². The van der Waals surface area contributed by atoms with Crippen LogP contribution in [0, 0.1) is 29.6 Å². The van der Waals surface area contributed by atoms with E-state index < -0.39 is 156 Å². The lowest BCUT2D eigenvalue weighted by Gasteiger charge is -2.41. The molecule has 1 saturated heterocycles. The van der Waals surface area contributed by atoms with Crippen molar-refractivity contribution >= 4 is 76.2 Å². The molecule has 0 aromatic heterocycles. The molecule has 0 saturated carbocycles. The number of hydrogen-bond donors (Lipinski definition) is 7. The lowest BCUT2D eigenvalue weighted by atomic mass is 9.90. The fraction of sp³-hybridized carbons (Fsp3) is 0.703. The van der Waals surface area contributed by atoms with Crippen LogP contribution in [0.4, 0.5) is 5.69 Å². The van der Waals surface area contributed by atoms with Gasteiger partial charge in [-0.1, -0.05) is 87.4 Å². The Morgan fingerprint density at radius 3 is 1.61 bits per heavy atom. The van der Waals surface area contributed by atoms with E-state index in [1.54, 1.807) is 67.5 Å². The van der Waals surface area contributed by atoms with Crippen molar-refractivity contribution < 1.29 is 57.8 Å². The molecule has 0 bridgehead atoms. The minimum Gasteiger partial charge on any atom is -0.399 e. The molecule has 1 aliphatic rings. The maximum absolute atomic E-state index is 15.3. The number of nitrogens with zero attached hydrogens (tertiary/aromatic N) is 7. The Morgan fingerprint density at radius 2 is 1.10 bits per heavy atom. The van der Waals surface area contributed by atoms with Gasteiger partial charge < -0.3 is 66.4 Å². The van der Waals surface area contributed by atoms with Crippen LogP contribution < -0.4 is 32.3 Å². The minimum absolute atomic E-state index is 0.00385. The quantitative estimate of drug-likeness (QED) is 0.132. The van der Waals surface area contributed by atoms with Crippen molar-refractivity contribution in [2.45, 2.75) is 209 Å². The second kappa shape index (κ2) is 34.7. The molecule has 1 fully saturated rings. The third kappa shape index (κ3) is 21.2. The first-order valence-electron chi connectivity index (χ1n) is 31.2. The van der Waals surface area contributed by atoms with Crippen LogP contribution in [0.5, 0.6) is 0 Å². The molecule has 8 N–H and O–H groups in total. The van der Waals surface area contributed by atoms with Crippen LogP contribution >= 0.6 is 0 Å². The smallest absolute Gasteiger partial charge is 0.258 e. The highest BCUT2D eigenvalue weighted by atomic mass is 16.3. The molecule has 0 spiro atoms. The average Bonchev–Trinajstić information content (AvgIpc) is 1.02.